The third kappa shape index (κ3) is 9.41. The third-order valence-corrected chi connectivity index (χ3v) is 3.99. The van der Waals surface area contributed by atoms with Gasteiger partial charge in [-0.15, -0.1) is 0 Å². The Morgan fingerprint density at radius 2 is 1.67 bits per heavy atom. The second-order valence-electron chi connectivity index (χ2n) is 5.22. The van der Waals surface area contributed by atoms with Gasteiger partial charge in [-0.3, -0.25) is 0 Å². The number of alkyl halides is 1. The van der Waals surface area contributed by atoms with Crippen LogP contribution in [-0.4, -0.2) is 4.83 Å². The molecule has 0 aliphatic carbocycles. The highest BCUT2D eigenvalue weighted by Crippen LogP contribution is 2.24. The molecular weight excluding hydrogens is 248 g/mol. The summed E-state index contributed by atoms with van der Waals surface area (Å²) in [6, 6.07) is 0. The molecule has 0 saturated heterocycles. The smallest absolute Gasteiger partial charge is 0.0148 e. The Labute approximate surface area is 105 Å². The monoisotopic (exact) mass is 276 g/mol. The van der Waals surface area contributed by atoms with E-state index in [2.05, 4.69) is 43.6 Å². The van der Waals surface area contributed by atoms with Crippen molar-refractivity contribution in [1.82, 2.24) is 0 Å². The third-order valence-electron chi connectivity index (χ3n) is 3.16. The highest BCUT2D eigenvalue weighted by molar-refractivity contribution is 9.09. The Morgan fingerprint density at radius 1 is 1.00 bits per heavy atom. The number of rotatable bonds is 9. The van der Waals surface area contributed by atoms with Gasteiger partial charge in [-0.25, -0.2) is 0 Å². The maximum atomic E-state index is 3.80. The molecule has 0 bridgehead atoms. The summed E-state index contributed by atoms with van der Waals surface area (Å²) in [6.07, 6.45) is 9.66. The first kappa shape index (κ1) is 15.5. The number of hydrogen-bond donors (Lipinski definition) is 0. The minimum Gasteiger partial charge on any atom is -0.0891 e. The minimum absolute atomic E-state index is 0.744. The van der Waals surface area contributed by atoms with Gasteiger partial charge in [0.15, 0.2) is 0 Å². The van der Waals surface area contributed by atoms with Gasteiger partial charge in [0.1, 0.15) is 0 Å². The normalized spacial score (nSPS) is 15.6. The fourth-order valence-corrected chi connectivity index (χ4v) is 3.10. The van der Waals surface area contributed by atoms with Gasteiger partial charge < -0.3 is 0 Å². The van der Waals surface area contributed by atoms with Crippen LogP contribution in [0.5, 0.6) is 0 Å². The van der Waals surface area contributed by atoms with Gasteiger partial charge in [0.05, 0.1) is 0 Å². The van der Waals surface area contributed by atoms with E-state index in [9.17, 15) is 0 Å². The van der Waals surface area contributed by atoms with Gasteiger partial charge in [-0.05, 0) is 31.1 Å². The molecule has 92 valence electrons. The molecule has 2 atom stereocenters. The van der Waals surface area contributed by atoms with Crippen LogP contribution >= 0.6 is 15.9 Å². The van der Waals surface area contributed by atoms with E-state index in [1.807, 2.05) is 0 Å². The molecular formula is C14H29Br. The summed E-state index contributed by atoms with van der Waals surface area (Å²) in [5.41, 5.74) is 0. The first-order chi connectivity index (χ1) is 7.10. The van der Waals surface area contributed by atoms with E-state index >= 15 is 0 Å². The standard InChI is InChI=1S/C14H29Br/c1-5-7-8-13(6-2)9-10-14(15)11-12(3)4/h12-14H,5-11H2,1-4H3. The lowest BCUT2D eigenvalue weighted by molar-refractivity contribution is 0.399. The van der Waals surface area contributed by atoms with Crippen molar-refractivity contribution in [2.45, 2.75) is 77.5 Å². The van der Waals surface area contributed by atoms with Crippen LogP contribution in [0.15, 0.2) is 0 Å². The quantitative estimate of drug-likeness (QED) is 0.468. The van der Waals surface area contributed by atoms with Crippen LogP contribution in [0.25, 0.3) is 0 Å². The lowest BCUT2D eigenvalue weighted by atomic mass is 9.92. The van der Waals surface area contributed by atoms with Gasteiger partial charge >= 0.3 is 0 Å². The predicted octanol–water partition coefficient (Wildman–Crippen LogP) is 5.79. The maximum absolute atomic E-state index is 3.80. The Kier molecular flexibility index (Phi) is 10.00. The topological polar surface area (TPSA) is 0 Å². The van der Waals surface area contributed by atoms with Crippen LogP contribution in [-0.2, 0) is 0 Å². The average molecular weight is 277 g/mol. The molecule has 0 N–H and O–H groups in total. The molecule has 0 amide bonds. The van der Waals surface area contributed by atoms with Crippen LogP contribution in [0, 0.1) is 11.8 Å². The predicted molar refractivity (Wildman–Crippen MR) is 74.7 cm³/mol. The summed E-state index contributed by atoms with van der Waals surface area (Å²) in [5.74, 6) is 1.79. The maximum Gasteiger partial charge on any atom is 0.0148 e. The molecule has 0 aromatic rings. The molecule has 0 aromatic carbocycles. The molecule has 15 heavy (non-hydrogen) atoms. The largest absolute Gasteiger partial charge is 0.0891 e. The number of hydrogen-bond acceptors (Lipinski definition) is 0. The second-order valence-corrected chi connectivity index (χ2v) is 6.52. The molecule has 1 heteroatoms. The van der Waals surface area contributed by atoms with Gasteiger partial charge in [0.2, 0.25) is 0 Å². The summed E-state index contributed by atoms with van der Waals surface area (Å²) in [7, 11) is 0. The second kappa shape index (κ2) is 9.69. The van der Waals surface area contributed by atoms with Gasteiger partial charge in [0, 0.05) is 4.83 Å². The van der Waals surface area contributed by atoms with Crippen LogP contribution in [0.4, 0.5) is 0 Å². The van der Waals surface area contributed by atoms with Crippen molar-refractivity contribution in [3.63, 3.8) is 0 Å². The summed E-state index contributed by atoms with van der Waals surface area (Å²) < 4.78 is 0. The lowest BCUT2D eigenvalue weighted by Gasteiger charge is -2.17. The first-order valence-electron chi connectivity index (χ1n) is 6.74. The summed E-state index contributed by atoms with van der Waals surface area (Å²) in [4.78, 5) is 0.744. The van der Waals surface area contributed by atoms with Gasteiger partial charge in [-0.2, -0.15) is 0 Å². The van der Waals surface area contributed by atoms with Crippen molar-refractivity contribution >= 4 is 15.9 Å². The molecule has 0 aromatic heterocycles. The van der Waals surface area contributed by atoms with E-state index in [1.54, 1.807) is 0 Å². The SMILES string of the molecule is CCCCC(CC)CCC(Br)CC(C)C. The molecule has 0 aliphatic heterocycles. The molecule has 0 spiro atoms. The zero-order chi connectivity index (χ0) is 11.7. The molecule has 0 aliphatic rings. The van der Waals surface area contributed by atoms with Crippen LogP contribution in [0.2, 0.25) is 0 Å². The van der Waals surface area contributed by atoms with Crippen LogP contribution in [0.1, 0.15) is 72.6 Å². The Balaban J connectivity index is 3.60. The fourth-order valence-electron chi connectivity index (χ4n) is 2.09. The summed E-state index contributed by atoms with van der Waals surface area (Å²) >= 11 is 3.80. The molecule has 2 unspecified atom stereocenters. The van der Waals surface area contributed by atoms with E-state index in [0.717, 1.165) is 16.7 Å². The first-order valence-corrected chi connectivity index (χ1v) is 7.65. The van der Waals surface area contributed by atoms with E-state index < -0.39 is 0 Å². The fraction of sp³-hybridized carbons (Fsp3) is 1.00. The molecule has 0 heterocycles. The van der Waals surface area contributed by atoms with E-state index in [0.29, 0.717) is 0 Å². The molecule has 0 nitrogen and oxygen atoms in total. The van der Waals surface area contributed by atoms with Crippen molar-refractivity contribution in [2.24, 2.45) is 11.8 Å². The summed E-state index contributed by atoms with van der Waals surface area (Å²) in [6.45, 7) is 9.25. The van der Waals surface area contributed by atoms with Gasteiger partial charge in [-0.1, -0.05) is 69.3 Å². The van der Waals surface area contributed by atoms with Crippen molar-refractivity contribution < 1.29 is 0 Å². The Hall–Kier alpha value is 0.480. The van der Waals surface area contributed by atoms with Crippen molar-refractivity contribution in [1.29, 1.82) is 0 Å². The molecule has 0 fully saturated rings. The average Bonchev–Trinajstić information content (AvgIpc) is 2.17. The number of unbranched alkanes of at least 4 members (excludes halogenated alkanes) is 1. The van der Waals surface area contributed by atoms with Crippen LogP contribution < -0.4 is 0 Å². The van der Waals surface area contributed by atoms with E-state index in [4.69, 9.17) is 0 Å². The highest BCUT2D eigenvalue weighted by Gasteiger charge is 2.11. The van der Waals surface area contributed by atoms with Crippen LogP contribution in [0.3, 0.4) is 0 Å². The van der Waals surface area contributed by atoms with Crippen molar-refractivity contribution in [3.05, 3.63) is 0 Å². The number of halogens is 1. The van der Waals surface area contributed by atoms with E-state index in [-0.39, 0.29) is 0 Å². The zero-order valence-electron chi connectivity index (χ0n) is 11.1. The zero-order valence-corrected chi connectivity index (χ0v) is 12.6. The minimum atomic E-state index is 0.744. The molecule has 0 rings (SSSR count). The molecule has 0 radical (unpaired) electrons. The highest BCUT2D eigenvalue weighted by atomic mass is 79.9. The Bertz CT molecular complexity index is 131. The van der Waals surface area contributed by atoms with Crippen molar-refractivity contribution in [2.75, 3.05) is 0 Å². The van der Waals surface area contributed by atoms with E-state index in [1.165, 1.54) is 44.9 Å². The lowest BCUT2D eigenvalue weighted by Crippen LogP contribution is -2.07. The Morgan fingerprint density at radius 3 is 2.13 bits per heavy atom. The summed E-state index contributed by atoms with van der Waals surface area (Å²) in [5, 5.41) is 0. The van der Waals surface area contributed by atoms with Crippen molar-refractivity contribution in [3.8, 4) is 0 Å². The molecule has 0 saturated carbocycles. The van der Waals surface area contributed by atoms with Gasteiger partial charge in [0.25, 0.3) is 0 Å².